The topological polar surface area (TPSA) is 37.3 Å². The van der Waals surface area contributed by atoms with Gasteiger partial charge in [-0.1, -0.05) is 131 Å². The number of benzene rings is 5. The van der Waals surface area contributed by atoms with Crippen LogP contribution in [0.3, 0.4) is 0 Å². The summed E-state index contributed by atoms with van der Waals surface area (Å²) in [6, 6.07) is 36.8. The third kappa shape index (κ3) is 3.42. The predicted octanol–water partition coefficient (Wildman–Crippen LogP) is 8.61. The highest BCUT2D eigenvalue weighted by Gasteiger charge is 2.37. The molecule has 0 heterocycles. The van der Waals surface area contributed by atoms with Gasteiger partial charge in [-0.3, -0.25) is 4.79 Å². The zero-order valence-corrected chi connectivity index (χ0v) is 23.3. The zero-order chi connectivity index (χ0) is 27.8. The Morgan fingerprint density at radius 3 is 1.73 bits per heavy atom. The molecule has 2 heteroatoms. The summed E-state index contributed by atoms with van der Waals surface area (Å²) in [5.74, 6) is -0.0712. The Hall–Kier alpha value is -4.27. The molecule has 5 aromatic rings. The lowest BCUT2D eigenvalue weighted by molar-refractivity contribution is 0.103. The summed E-state index contributed by atoms with van der Waals surface area (Å²) in [5.41, 5.74) is 12.1. The van der Waals surface area contributed by atoms with Gasteiger partial charge in [0.15, 0.2) is 5.78 Å². The number of fused-ring (bicyclic) bond motifs is 6. The first kappa shape index (κ1) is 24.7. The molecule has 0 aliphatic heterocycles. The maximum absolute atomic E-state index is 14.0. The van der Waals surface area contributed by atoms with Gasteiger partial charge in [0.25, 0.3) is 0 Å². The lowest BCUT2D eigenvalue weighted by Gasteiger charge is -2.23. The van der Waals surface area contributed by atoms with Crippen LogP contribution in [0.5, 0.6) is 0 Å². The Balaban J connectivity index is 1.27. The van der Waals surface area contributed by atoms with Crippen LogP contribution in [-0.2, 0) is 10.8 Å². The van der Waals surface area contributed by atoms with Gasteiger partial charge in [-0.05, 0) is 61.7 Å². The quantitative estimate of drug-likeness (QED) is 0.241. The van der Waals surface area contributed by atoms with Gasteiger partial charge >= 0.3 is 0 Å². The van der Waals surface area contributed by atoms with Crippen molar-refractivity contribution in [2.24, 2.45) is 0 Å². The van der Waals surface area contributed by atoms with Gasteiger partial charge < -0.3 is 5.11 Å². The van der Waals surface area contributed by atoms with Gasteiger partial charge in [0.05, 0.1) is 0 Å². The lowest BCUT2D eigenvalue weighted by atomic mass is 9.81. The molecular weight excluding hydrogens is 488 g/mol. The molecular formula is C38H32O2. The van der Waals surface area contributed by atoms with E-state index in [1.165, 1.54) is 38.9 Å². The molecule has 1 unspecified atom stereocenters. The number of carbonyl (C=O) groups excluding carboxylic acids is 1. The molecule has 0 fully saturated rings. The van der Waals surface area contributed by atoms with Crippen molar-refractivity contribution < 1.29 is 9.90 Å². The summed E-state index contributed by atoms with van der Waals surface area (Å²) in [6.07, 6.45) is -0.917. The number of aliphatic hydroxyl groups is 1. The van der Waals surface area contributed by atoms with Crippen LogP contribution in [-0.4, -0.2) is 10.9 Å². The fourth-order valence-electron chi connectivity index (χ4n) is 7.01. The number of rotatable bonds is 4. The van der Waals surface area contributed by atoms with Gasteiger partial charge in [-0.25, -0.2) is 0 Å². The van der Waals surface area contributed by atoms with E-state index in [0.717, 1.165) is 11.1 Å². The number of aliphatic hydroxyl groups excluding tert-OH is 1. The first-order valence-corrected chi connectivity index (χ1v) is 14.0. The molecule has 0 amide bonds. The molecule has 0 saturated carbocycles. The standard InChI is InChI=1S/C38H32O2/c1-37(2)31-15-9-7-11-25(31)27-19-17-23(21-33(27)37)35(39)29-13-5-6-14-30(29)36(40)24-18-20-28-26-12-8-10-16-32(26)38(3,4)34(28)22-24/h5-22,35,39H,1-4H3. The van der Waals surface area contributed by atoms with Crippen LogP contribution in [0.1, 0.15) is 83.1 Å². The predicted molar refractivity (Wildman–Crippen MR) is 162 cm³/mol. The zero-order valence-electron chi connectivity index (χ0n) is 23.3. The Kier molecular flexibility index (Phi) is 5.33. The molecule has 40 heavy (non-hydrogen) atoms. The van der Waals surface area contributed by atoms with Gasteiger partial charge in [-0.15, -0.1) is 0 Å². The number of ketones is 1. The summed E-state index contributed by atoms with van der Waals surface area (Å²) >= 11 is 0. The van der Waals surface area contributed by atoms with E-state index in [1.807, 2.05) is 36.4 Å². The smallest absolute Gasteiger partial charge is 0.193 e. The molecule has 2 aliphatic carbocycles. The third-order valence-corrected chi connectivity index (χ3v) is 9.27. The Bertz CT molecular complexity index is 1840. The van der Waals surface area contributed by atoms with E-state index in [0.29, 0.717) is 16.7 Å². The van der Waals surface area contributed by atoms with E-state index < -0.39 is 6.10 Å². The van der Waals surface area contributed by atoms with Crippen molar-refractivity contribution >= 4 is 5.78 Å². The van der Waals surface area contributed by atoms with Gasteiger partial charge in [0.1, 0.15) is 6.10 Å². The van der Waals surface area contributed by atoms with Crippen molar-refractivity contribution in [1.82, 2.24) is 0 Å². The van der Waals surface area contributed by atoms with Crippen molar-refractivity contribution in [1.29, 1.82) is 0 Å². The van der Waals surface area contributed by atoms with E-state index in [-0.39, 0.29) is 16.6 Å². The summed E-state index contributed by atoms with van der Waals surface area (Å²) < 4.78 is 0. The molecule has 0 bridgehead atoms. The second-order valence-electron chi connectivity index (χ2n) is 12.2. The van der Waals surface area contributed by atoms with Gasteiger partial charge in [0.2, 0.25) is 0 Å². The SMILES string of the molecule is CC1(C)c2ccccc2-c2ccc(C(=O)c3ccccc3C(O)c3ccc4c(c3)C(C)(C)c3ccccc3-4)cc21. The molecule has 0 spiro atoms. The Labute approximate surface area is 236 Å². The fraction of sp³-hybridized carbons (Fsp3) is 0.184. The molecule has 196 valence electrons. The number of carbonyl (C=O) groups is 1. The van der Waals surface area contributed by atoms with Crippen LogP contribution in [0.2, 0.25) is 0 Å². The van der Waals surface area contributed by atoms with Crippen molar-refractivity contribution in [2.75, 3.05) is 0 Å². The monoisotopic (exact) mass is 520 g/mol. The molecule has 5 aromatic carbocycles. The van der Waals surface area contributed by atoms with Crippen LogP contribution in [0.25, 0.3) is 22.3 Å². The Morgan fingerprint density at radius 1 is 0.575 bits per heavy atom. The second kappa shape index (κ2) is 8.61. The maximum atomic E-state index is 14.0. The van der Waals surface area contributed by atoms with Crippen LogP contribution < -0.4 is 0 Å². The van der Waals surface area contributed by atoms with Crippen LogP contribution in [0.15, 0.2) is 109 Å². The first-order chi connectivity index (χ1) is 19.2. The average molecular weight is 521 g/mol. The molecule has 0 saturated heterocycles. The highest BCUT2D eigenvalue weighted by molar-refractivity contribution is 6.10. The highest BCUT2D eigenvalue weighted by Crippen LogP contribution is 2.50. The van der Waals surface area contributed by atoms with Crippen LogP contribution in [0, 0.1) is 0 Å². The summed E-state index contributed by atoms with van der Waals surface area (Å²) in [6.45, 7) is 8.91. The van der Waals surface area contributed by atoms with E-state index in [2.05, 4.69) is 100 Å². The molecule has 1 N–H and O–H groups in total. The third-order valence-electron chi connectivity index (χ3n) is 9.27. The normalized spacial score (nSPS) is 16.0. The molecule has 1 atom stereocenters. The number of hydrogen-bond acceptors (Lipinski definition) is 2. The molecule has 7 rings (SSSR count). The molecule has 2 aliphatic rings. The van der Waals surface area contributed by atoms with E-state index in [9.17, 15) is 9.90 Å². The minimum atomic E-state index is -0.917. The molecule has 0 aromatic heterocycles. The van der Waals surface area contributed by atoms with Crippen molar-refractivity contribution in [2.45, 2.75) is 44.6 Å². The van der Waals surface area contributed by atoms with Crippen molar-refractivity contribution in [3.05, 3.63) is 154 Å². The van der Waals surface area contributed by atoms with Crippen LogP contribution >= 0.6 is 0 Å². The van der Waals surface area contributed by atoms with Gasteiger partial charge in [0, 0.05) is 22.0 Å². The fourth-order valence-corrected chi connectivity index (χ4v) is 7.01. The van der Waals surface area contributed by atoms with E-state index >= 15 is 0 Å². The van der Waals surface area contributed by atoms with E-state index in [1.54, 1.807) is 0 Å². The summed E-state index contributed by atoms with van der Waals surface area (Å²) in [7, 11) is 0. The minimum absolute atomic E-state index is 0.0712. The van der Waals surface area contributed by atoms with Gasteiger partial charge in [-0.2, -0.15) is 0 Å². The summed E-state index contributed by atoms with van der Waals surface area (Å²) in [5, 5.41) is 11.7. The first-order valence-electron chi connectivity index (χ1n) is 14.0. The molecule has 2 nitrogen and oxygen atoms in total. The largest absolute Gasteiger partial charge is 0.384 e. The molecule has 0 radical (unpaired) electrons. The maximum Gasteiger partial charge on any atom is 0.193 e. The lowest BCUT2D eigenvalue weighted by Crippen LogP contribution is -2.17. The van der Waals surface area contributed by atoms with Crippen molar-refractivity contribution in [3.63, 3.8) is 0 Å². The van der Waals surface area contributed by atoms with E-state index in [4.69, 9.17) is 0 Å². The Morgan fingerprint density at radius 2 is 1.07 bits per heavy atom. The van der Waals surface area contributed by atoms with Crippen LogP contribution in [0.4, 0.5) is 0 Å². The van der Waals surface area contributed by atoms with Crippen molar-refractivity contribution in [3.8, 4) is 22.3 Å². The summed E-state index contributed by atoms with van der Waals surface area (Å²) in [4.78, 5) is 14.0. The highest BCUT2D eigenvalue weighted by atomic mass is 16.3. The number of hydrogen-bond donors (Lipinski definition) is 1. The second-order valence-corrected chi connectivity index (χ2v) is 12.2. The minimum Gasteiger partial charge on any atom is -0.384 e. The average Bonchev–Trinajstić information content (AvgIpc) is 3.36.